The second kappa shape index (κ2) is 13.6. The third-order valence-corrected chi connectivity index (χ3v) is 5.19. The summed E-state index contributed by atoms with van der Waals surface area (Å²) in [5.74, 6) is 4.12. The van der Waals surface area contributed by atoms with E-state index in [9.17, 15) is 0 Å². The van der Waals surface area contributed by atoms with Gasteiger partial charge < -0.3 is 20.1 Å². The fraction of sp³-hybridized carbons (Fsp3) is 0.609. The maximum absolute atomic E-state index is 6.01. The lowest BCUT2D eigenvalue weighted by Crippen LogP contribution is -2.47. The van der Waals surface area contributed by atoms with Crippen LogP contribution in [0.15, 0.2) is 29.3 Å². The van der Waals surface area contributed by atoms with Crippen molar-refractivity contribution in [3.63, 3.8) is 0 Å². The maximum Gasteiger partial charge on any atom is 0.191 e. The Hall–Kier alpha value is -1.88. The normalized spacial score (nSPS) is 15.8. The van der Waals surface area contributed by atoms with E-state index in [2.05, 4.69) is 47.6 Å². The van der Waals surface area contributed by atoms with E-state index in [1.807, 2.05) is 22.9 Å². The maximum atomic E-state index is 6.01. The number of ether oxygens (including phenoxy) is 2. The van der Waals surface area contributed by atoms with E-state index in [1.165, 1.54) is 0 Å². The van der Waals surface area contributed by atoms with Gasteiger partial charge in [0.25, 0.3) is 0 Å². The van der Waals surface area contributed by atoms with E-state index in [0.717, 1.165) is 67.9 Å². The van der Waals surface area contributed by atoms with Crippen molar-refractivity contribution in [3.05, 3.63) is 41.5 Å². The molecule has 0 spiro atoms. The minimum absolute atomic E-state index is 0. The quantitative estimate of drug-likeness (QED) is 0.265. The van der Waals surface area contributed by atoms with Crippen molar-refractivity contribution >= 4 is 29.9 Å². The Morgan fingerprint density at radius 1 is 1.31 bits per heavy atom. The van der Waals surface area contributed by atoms with E-state index < -0.39 is 0 Å². The minimum atomic E-state index is 0. The lowest BCUT2D eigenvalue weighted by atomic mass is 10.1. The Labute approximate surface area is 208 Å². The van der Waals surface area contributed by atoms with Gasteiger partial charge in [0.15, 0.2) is 11.8 Å². The summed E-state index contributed by atoms with van der Waals surface area (Å²) in [5.41, 5.74) is 1.09. The van der Waals surface area contributed by atoms with Gasteiger partial charge in [-0.3, -0.25) is 0 Å². The highest BCUT2D eigenvalue weighted by Gasteiger charge is 2.22. The van der Waals surface area contributed by atoms with E-state index in [4.69, 9.17) is 14.5 Å². The van der Waals surface area contributed by atoms with Crippen molar-refractivity contribution in [3.8, 4) is 5.75 Å². The van der Waals surface area contributed by atoms with Crippen LogP contribution in [0.2, 0.25) is 0 Å². The molecule has 2 aromatic rings. The van der Waals surface area contributed by atoms with E-state index in [1.54, 1.807) is 7.11 Å². The molecule has 1 aromatic heterocycles. The molecule has 9 heteroatoms. The van der Waals surface area contributed by atoms with Crippen LogP contribution in [0.4, 0.5) is 0 Å². The highest BCUT2D eigenvalue weighted by Crippen LogP contribution is 2.20. The average molecular weight is 556 g/mol. The second-order valence-corrected chi connectivity index (χ2v) is 8.27. The number of nitrogens with one attached hydrogen (secondary N) is 2. The van der Waals surface area contributed by atoms with Crippen molar-refractivity contribution in [1.29, 1.82) is 0 Å². The van der Waals surface area contributed by atoms with Crippen LogP contribution in [0, 0.1) is 5.92 Å². The molecule has 1 unspecified atom stereocenters. The summed E-state index contributed by atoms with van der Waals surface area (Å²) in [4.78, 5) is 9.37. The van der Waals surface area contributed by atoms with Gasteiger partial charge in [-0.25, -0.2) is 14.7 Å². The molecule has 3 rings (SSSR count). The first-order valence-corrected chi connectivity index (χ1v) is 11.3. The summed E-state index contributed by atoms with van der Waals surface area (Å²) in [7, 11) is 1.66. The number of hydrogen-bond donors (Lipinski definition) is 2. The molecule has 1 aliphatic rings. The van der Waals surface area contributed by atoms with Crippen LogP contribution in [0.25, 0.3) is 0 Å². The van der Waals surface area contributed by atoms with E-state index in [-0.39, 0.29) is 30.0 Å². The summed E-state index contributed by atoms with van der Waals surface area (Å²) < 4.78 is 13.2. The molecule has 8 nitrogen and oxygen atoms in total. The number of nitrogens with zero attached hydrogens (tertiary/aromatic N) is 4. The number of fused-ring (bicyclic) bond motifs is 1. The largest absolute Gasteiger partial charge is 0.493 e. The molecule has 0 saturated heterocycles. The van der Waals surface area contributed by atoms with Gasteiger partial charge in [-0.2, -0.15) is 5.10 Å². The van der Waals surface area contributed by atoms with Gasteiger partial charge in [-0.05, 0) is 31.7 Å². The highest BCUT2D eigenvalue weighted by atomic mass is 127. The van der Waals surface area contributed by atoms with Crippen molar-refractivity contribution in [2.24, 2.45) is 10.9 Å². The Balaban J connectivity index is 0.00000363. The van der Waals surface area contributed by atoms with Gasteiger partial charge in [-0.1, -0.05) is 32.0 Å². The third-order valence-electron chi connectivity index (χ3n) is 5.19. The van der Waals surface area contributed by atoms with Crippen molar-refractivity contribution in [2.45, 2.75) is 65.8 Å². The van der Waals surface area contributed by atoms with Crippen molar-refractivity contribution < 1.29 is 9.47 Å². The van der Waals surface area contributed by atoms with Gasteiger partial charge >= 0.3 is 0 Å². The van der Waals surface area contributed by atoms with E-state index in [0.29, 0.717) is 19.1 Å². The first kappa shape index (κ1) is 26.4. The number of aryl methyl sites for hydroxylation is 1. The fourth-order valence-corrected chi connectivity index (χ4v) is 3.53. The number of para-hydroxylation sites is 1. The Kier molecular flexibility index (Phi) is 11.2. The monoisotopic (exact) mass is 556 g/mol. The molecule has 32 heavy (non-hydrogen) atoms. The molecule has 0 saturated carbocycles. The molecule has 0 aliphatic carbocycles. The van der Waals surface area contributed by atoms with Gasteiger partial charge in [0, 0.05) is 31.7 Å². The molecule has 2 heterocycles. The Morgan fingerprint density at radius 2 is 2.12 bits per heavy atom. The number of methoxy groups -OCH3 is 1. The van der Waals surface area contributed by atoms with Gasteiger partial charge in [0.1, 0.15) is 18.2 Å². The summed E-state index contributed by atoms with van der Waals surface area (Å²) >= 11 is 0. The zero-order valence-corrected chi connectivity index (χ0v) is 22.0. The predicted octanol–water partition coefficient (Wildman–Crippen LogP) is 3.54. The number of rotatable bonds is 10. The molecule has 0 bridgehead atoms. The van der Waals surface area contributed by atoms with Crippen LogP contribution in [0.5, 0.6) is 5.75 Å². The first-order valence-electron chi connectivity index (χ1n) is 11.3. The zero-order valence-electron chi connectivity index (χ0n) is 19.6. The smallest absolute Gasteiger partial charge is 0.191 e. The number of hydrogen-bond acceptors (Lipinski definition) is 5. The van der Waals surface area contributed by atoms with Crippen LogP contribution in [0.1, 0.15) is 50.8 Å². The van der Waals surface area contributed by atoms with Crippen LogP contribution in [0.3, 0.4) is 0 Å². The molecule has 1 aromatic carbocycles. The van der Waals surface area contributed by atoms with Gasteiger partial charge in [-0.15, -0.1) is 24.0 Å². The molecule has 2 N–H and O–H groups in total. The minimum Gasteiger partial charge on any atom is -0.493 e. The first-order chi connectivity index (χ1) is 15.1. The SMILES string of the molecule is CCNC(=NCc1ccccc1OCCC(C)C)NC1CCc2nc(COC)nn2C1.I. The average Bonchev–Trinajstić information content (AvgIpc) is 3.15. The standard InChI is InChI=1S/C23H36N6O2.HI/c1-5-24-23(25-14-18-8-6-7-9-20(18)31-13-12-17(2)3)26-19-10-11-22-27-21(16-30-4)28-29(22)15-19;/h6-9,17,19H,5,10-16H2,1-4H3,(H2,24,25,26);1H. The molecule has 178 valence electrons. The van der Waals surface area contributed by atoms with Crippen LogP contribution < -0.4 is 15.4 Å². The molecule has 0 amide bonds. The molecule has 1 aliphatic heterocycles. The lowest BCUT2D eigenvalue weighted by Gasteiger charge is -2.25. The van der Waals surface area contributed by atoms with E-state index >= 15 is 0 Å². The summed E-state index contributed by atoms with van der Waals surface area (Å²) in [5, 5.41) is 11.5. The second-order valence-electron chi connectivity index (χ2n) is 8.27. The number of benzene rings is 1. The summed E-state index contributed by atoms with van der Waals surface area (Å²) in [6.45, 7) is 9.80. The van der Waals surface area contributed by atoms with Crippen LogP contribution in [-0.4, -0.2) is 47.0 Å². The number of guanidine groups is 1. The fourth-order valence-electron chi connectivity index (χ4n) is 3.53. The number of aromatic nitrogens is 3. The molecular weight excluding hydrogens is 519 g/mol. The van der Waals surface area contributed by atoms with Gasteiger partial charge in [0.2, 0.25) is 0 Å². The predicted molar refractivity (Wildman–Crippen MR) is 138 cm³/mol. The molecule has 1 atom stereocenters. The van der Waals surface area contributed by atoms with Gasteiger partial charge in [0.05, 0.1) is 19.7 Å². The topological polar surface area (TPSA) is 85.6 Å². The molecule has 0 fully saturated rings. The van der Waals surface area contributed by atoms with Crippen LogP contribution >= 0.6 is 24.0 Å². The number of halogens is 1. The summed E-state index contributed by atoms with van der Waals surface area (Å²) in [6, 6.07) is 8.40. The Morgan fingerprint density at radius 3 is 2.88 bits per heavy atom. The zero-order chi connectivity index (χ0) is 22.1. The van der Waals surface area contributed by atoms with Crippen molar-refractivity contribution in [2.75, 3.05) is 20.3 Å². The molecule has 0 radical (unpaired) electrons. The third kappa shape index (κ3) is 7.91. The van der Waals surface area contributed by atoms with Crippen molar-refractivity contribution in [1.82, 2.24) is 25.4 Å². The van der Waals surface area contributed by atoms with Crippen LogP contribution in [-0.2, 0) is 30.9 Å². The Bertz CT molecular complexity index is 855. The highest BCUT2D eigenvalue weighted by molar-refractivity contribution is 14.0. The summed E-state index contributed by atoms with van der Waals surface area (Å²) in [6.07, 6.45) is 2.92. The molecular formula is C23H37IN6O2. The lowest BCUT2D eigenvalue weighted by molar-refractivity contribution is 0.177. The number of aliphatic imine (C=N–C) groups is 1.